The summed E-state index contributed by atoms with van der Waals surface area (Å²) in [7, 11) is 6.46. The fourth-order valence-corrected chi connectivity index (χ4v) is 3.62. The predicted octanol–water partition coefficient (Wildman–Crippen LogP) is -2.23. The van der Waals surface area contributed by atoms with Gasteiger partial charge in [-0.1, -0.05) is 0 Å². The van der Waals surface area contributed by atoms with Crippen molar-refractivity contribution in [1.82, 2.24) is 3.56 Å². The fraction of sp³-hybridized carbons (Fsp3) is 0.417. The molecule has 0 radical (unpaired) electrons. The molecule has 94 valence electrons. The summed E-state index contributed by atoms with van der Waals surface area (Å²) in [5.41, 5.74) is 0.212. The zero-order valence-electron chi connectivity index (χ0n) is 10.3. The van der Waals surface area contributed by atoms with Gasteiger partial charge in [0.1, 0.15) is 0 Å². The molecule has 0 fully saturated rings. The maximum Gasteiger partial charge on any atom is -1.00 e. The molecule has 5 heteroatoms. The fourth-order valence-electron chi connectivity index (χ4n) is 1.56. The molecule has 0 bridgehead atoms. The number of quaternary nitrogens is 1. The van der Waals surface area contributed by atoms with Crippen LogP contribution >= 0.6 is 0 Å². The van der Waals surface area contributed by atoms with E-state index in [0.717, 1.165) is 23.0 Å². The summed E-state index contributed by atoms with van der Waals surface area (Å²) in [6.07, 6.45) is 0. The average Bonchev–Trinajstić information content (AvgIpc) is 2.53. The molecule has 0 atom stereocenters. The molecule has 1 heterocycles. The van der Waals surface area contributed by atoms with E-state index in [1.807, 2.05) is 21.8 Å². The van der Waals surface area contributed by atoms with E-state index in [1.54, 1.807) is 0 Å². The van der Waals surface area contributed by atoms with Gasteiger partial charge in [0.05, 0.1) is 0 Å². The molecule has 0 saturated heterocycles. The van der Waals surface area contributed by atoms with Gasteiger partial charge in [0.2, 0.25) is 0 Å². The first-order valence-corrected chi connectivity index (χ1v) is 6.99. The Bertz CT molecular complexity index is 553. The minimum absolute atomic E-state index is 0. The van der Waals surface area contributed by atoms with Crippen molar-refractivity contribution in [3.8, 4) is 0 Å². The Morgan fingerprint density at radius 2 is 1.88 bits per heavy atom. The van der Waals surface area contributed by atoms with Crippen molar-refractivity contribution in [3.63, 3.8) is 0 Å². The van der Waals surface area contributed by atoms with Crippen molar-refractivity contribution in [2.75, 3.05) is 27.7 Å². The third-order valence-corrected chi connectivity index (χ3v) is 4.88. The number of nitrogens with zero attached hydrogens (tertiary/aromatic N) is 2. The average molecular weight is 411 g/mol. The van der Waals surface area contributed by atoms with Gasteiger partial charge in [-0.3, -0.25) is 0 Å². The van der Waals surface area contributed by atoms with Crippen LogP contribution in [0.25, 0.3) is 9.65 Å². The van der Waals surface area contributed by atoms with Crippen LogP contribution in [0, 0.1) is 0 Å². The van der Waals surface area contributed by atoms with Crippen LogP contribution in [0.4, 0.5) is 0 Å². The van der Waals surface area contributed by atoms with Gasteiger partial charge in [-0.2, -0.15) is 0 Å². The van der Waals surface area contributed by atoms with Crippen molar-refractivity contribution in [2.24, 2.45) is 0 Å². The molecule has 0 aliphatic heterocycles. The smallest absolute Gasteiger partial charge is 1.00 e. The molecule has 0 aliphatic carbocycles. The van der Waals surface area contributed by atoms with Gasteiger partial charge >= 0.3 is 101 Å². The molecular formula is C12H17IN2OSe. The van der Waals surface area contributed by atoms with E-state index in [2.05, 4.69) is 27.2 Å². The van der Waals surface area contributed by atoms with E-state index in [4.69, 9.17) is 0 Å². The minimum atomic E-state index is 0. The van der Waals surface area contributed by atoms with Gasteiger partial charge in [0, 0.05) is 0 Å². The first-order valence-electron chi connectivity index (χ1n) is 5.37. The zero-order valence-corrected chi connectivity index (χ0v) is 14.2. The van der Waals surface area contributed by atoms with Crippen molar-refractivity contribution in [2.45, 2.75) is 6.54 Å². The van der Waals surface area contributed by atoms with Gasteiger partial charge < -0.3 is 24.0 Å². The maximum atomic E-state index is 12.0. The Hall–Kier alpha value is -0.101. The van der Waals surface area contributed by atoms with Crippen LogP contribution in [-0.4, -0.2) is 50.5 Å². The summed E-state index contributed by atoms with van der Waals surface area (Å²) in [6.45, 7) is 1.86. The number of aromatic nitrogens is 1. The van der Waals surface area contributed by atoms with Crippen LogP contribution in [-0.2, 0) is 6.54 Å². The van der Waals surface area contributed by atoms with Gasteiger partial charge in [0.15, 0.2) is 0 Å². The Labute approximate surface area is 125 Å². The molecule has 0 aliphatic rings. The Balaban J connectivity index is 0.00000144. The molecular weight excluding hydrogens is 394 g/mol. The van der Waals surface area contributed by atoms with Crippen molar-refractivity contribution in [1.29, 1.82) is 0 Å². The van der Waals surface area contributed by atoms with Crippen LogP contribution in [0.1, 0.15) is 0 Å². The standard InChI is InChI=1S/C12H17N2OSe.HI/c1-14(2,3)9-8-13-12(15)10-6-4-5-7-11(10)16-13;/h4-7H,8-9H2,1-3H3;1H/q+1;/p-1. The monoisotopic (exact) mass is 412 g/mol. The molecule has 0 spiro atoms. The number of hydrogen-bond donors (Lipinski definition) is 0. The normalized spacial score (nSPS) is 11.5. The second-order valence-electron chi connectivity index (χ2n) is 5.01. The van der Waals surface area contributed by atoms with Gasteiger partial charge in [-0.15, -0.1) is 0 Å². The molecule has 0 saturated carbocycles. The summed E-state index contributed by atoms with van der Waals surface area (Å²) in [6, 6.07) is 7.96. The summed E-state index contributed by atoms with van der Waals surface area (Å²) in [5, 5.41) is 0.906. The van der Waals surface area contributed by atoms with E-state index >= 15 is 0 Å². The van der Waals surface area contributed by atoms with E-state index in [9.17, 15) is 4.79 Å². The van der Waals surface area contributed by atoms with Crippen molar-refractivity contribution in [3.05, 3.63) is 34.6 Å². The number of hydrogen-bond acceptors (Lipinski definition) is 1. The summed E-state index contributed by atoms with van der Waals surface area (Å²) in [4.78, 5) is 12.0. The number of rotatable bonds is 3. The van der Waals surface area contributed by atoms with Crippen LogP contribution in [0.2, 0.25) is 0 Å². The molecule has 17 heavy (non-hydrogen) atoms. The number of benzene rings is 1. The molecule has 0 N–H and O–H groups in total. The summed E-state index contributed by atoms with van der Waals surface area (Å²) in [5.74, 6) is 0. The third-order valence-electron chi connectivity index (χ3n) is 2.53. The largest absolute Gasteiger partial charge is 1.00 e. The third kappa shape index (κ3) is 3.68. The molecule has 1 aromatic carbocycles. The molecule has 0 amide bonds. The van der Waals surface area contributed by atoms with Crippen LogP contribution in [0.3, 0.4) is 0 Å². The molecule has 3 nitrogen and oxygen atoms in total. The second kappa shape index (κ2) is 5.69. The Kier molecular flexibility index (Phi) is 5.01. The molecule has 2 rings (SSSR count). The zero-order chi connectivity index (χ0) is 11.8. The predicted molar refractivity (Wildman–Crippen MR) is 68.0 cm³/mol. The van der Waals surface area contributed by atoms with E-state index < -0.39 is 0 Å². The number of halogens is 1. The van der Waals surface area contributed by atoms with Crippen LogP contribution < -0.4 is 29.5 Å². The molecule has 0 unspecified atom stereocenters. The first-order chi connectivity index (χ1) is 7.47. The summed E-state index contributed by atoms with van der Waals surface area (Å²) >= 11 is 0.183. The number of likely N-dealkylation sites (N-methyl/N-ethyl adjacent to an activating group) is 1. The Morgan fingerprint density at radius 1 is 1.24 bits per heavy atom. The van der Waals surface area contributed by atoms with Gasteiger partial charge in [-0.05, 0) is 0 Å². The topological polar surface area (TPSA) is 22.0 Å². The Morgan fingerprint density at radius 3 is 2.47 bits per heavy atom. The molecule has 2 aromatic rings. The maximum absolute atomic E-state index is 12.0. The number of fused-ring (bicyclic) bond motifs is 1. The SMILES string of the molecule is C[N+](C)(C)CCn1[se]c2ccccc2c1=O.[I-]. The van der Waals surface area contributed by atoms with E-state index in [1.165, 1.54) is 4.26 Å². The van der Waals surface area contributed by atoms with Gasteiger partial charge in [-0.25, -0.2) is 0 Å². The van der Waals surface area contributed by atoms with Crippen LogP contribution in [0.5, 0.6) is 0 Å². The summed E-state index contributed by atoms with van der Waals surface area (Å²) < 4.78 is 4.12. The first kappa shape index (κ1) is 15.0. The van der Waals surface area contributed by atoms with Crippen molar-refractivity contribution < 1.29 is 28.5 Å². The van der Waals surface area contributed by atoms with Gasteiger partial charge in [0.25, 0.3) is 0 Å². The van der Waals surface area contributed by atoms with E-state index in [-0.39, 0.29) is 44.3 Å². The van der Waals surface area contributed by atoms with E-state index in [0.29, 0.717) is 0 Å². The quantitative estimate of drug-likeness (QED) is 0.319. The molecule has 1 aromatic heterocycles. The second-order valence-corrected chi connectivity index (χ2v) is 7.24. The minimum Gasteiger partial charge on any atom is -1.00 e. The van der Waals surface area contributed by atoms with Crippen molar-refractivity contribution >= 4 is 24.4 Å². The van der Waals surface area contributed by atoms with Crippen LogP contribution in [0.15, 0.2) is 29.1 Å².